The first-order valence-electron chi connectivity index (χ1n) is 15.6. The molecule has 0 saturated carbocycles. The molecule has 3 heterocycles. The third-order valence-corrected chi connectivity index (χ3v) is 9.00. The highest BCUT2D eigenvalue weighted by Crippen LogP contribution is 2.34. The Hall–Kier alpha value is -4.11. The minimum absolute atomic E-state index is 0.00357. The van der Waals surface area contributed by atoms with Crippen LogP contribution in [0.4, 0.5) is 35.9 Å². The number of aliphatic hydroxyl groups excluding tert-OH is 2. The molecule has 18 heteroatoms. The standard InChI is InChI=1S/C18H16BrF2N3O3.C17H14ClFIN3O3/c1-24-9-22-18-14(24)7-11(15(26)8-27-5-4-25)17(16(18)21)23-13-3-2-10(19)6-12(13)20;18-13-5-10(20)1-2-14(13)22-16-12(15(25)8-26-4-3-24)6-11-7-21-9-23(11)17(16)19/h2-3,6-7,9,23,25H,4-5,8H2,1H3;1-2,5-7,9,22,24H,3-4,8H2. The lowest BCUT2D eigenvalue weighted by Gasteiger charge is -2.15. The van der Waals surface area contributed by atoms with Gasteiger partial charge in [0.1, 0.15) is 36.6 Å². The van der Waals surface area contributed by atoms with E-state index in [9.17, 15) is 18.4 Å². The summed E-state index contributed by atoms with van der Waals surface area (Å²) in [5.74, 6) is -2.98. The molecule has 6 rings (SSSR count). The number of fused-ring (bicyclic) bond motifs is 2. The average molecular weight is 930 g/mol. The molecule has 0 aliphatic heterocycles. The third kappa shape index (κ3) is 9.53. The van der Waals surface area contributed by atoms with E-state index in [1.54, 1.807) is 29.8 Å². The van der Waals surface area contributed by atoms with Crippen LogP contribution >= 0.6 is 50.1 Å². The van der Waals surface area contributed by atoms with Gasteiger partial charge in [-0.3, -0.25) is 14.0 Å². The number of ketones is 2. The molecule has 3 aromatic heterocycles. The van der Waals surface area contributed by atoms with Gasteiger partial charge in [0.25, 0.3) is 0 Å². The summed E-state index contributed by atoms with van der Waals surface area (Å²) in [5.41, 5.74) is 1.31. The Morgan fingerprint density at radius 2 is 1.55 bits per heavy atom. The van der Waals surface area contributed by atoms with Crippen LogP contribution in [0.5, 0.6) is 0 Å². The largest absolute Gasteiger partial charge is 0.394 e. The number of hydrogen-bond acceptors (Lipinski definition) is 10. The highest BCUT2D eigenvalue weighted by atomic mass is 127. The van der Waals surface area contributed by atoms with Crippen molar-refractivity contribution in [2.24, 2.45) is 7.05 Å². The molecule has 0 amide bonds. The fourth-order valence-corrected chi connectivity index (χ4v) is 6.23. The monoisotopic (exact) mass is 928 g/mol. The molecule has 12 nitrogen and oxygen atoms in total. The summed E-state index contributed by atoms with van der Waals surface area (Å²) < 4.78 is 58.7. The van der Waals surface area contributed by atoms with E-state index in [-0.39, 0.29) is 73.3 Å². The second-order valence-corrected chi connectivity index (χ2v) is 13.7. The molecule has 0 unspecified atom stereocenters. The number of Topliss-reactive ketones (excluding diaryl/α,β-unsaturated/α-hetero) is 2. The second-order valence-electron chi connectivity index (χ2n) is 11.1. The fraction of sp³-hybridized carbons (Fsp3) is 0.200. The first-order chi connectivity index (χ1) is 25.4. The molecule has 0 atom stereocenters. The van der Waals surface area contributed by atoms with E-state index in [2.05, 4.69) is 59.1 Å². The highest BCUT2D eigenvalue weighted by Gasteiger charge is 2.23. The van der Waals surface area contributed by atoms with Gasteiger partial charge in [-0.1, -0.05) is 27.5 Å². The quantitative estimate of drug-likeness (QED) is 0.0382. The van der Waals surface area contributed by atoms with E-state index in [1.165, 1.54) is 47.5 Å². The van der Waals surface area contributed by atoms with Gasteiger partial charge in [0.2, 0.25) is 5.95 Å². The van der Waals surface area contributed by atoms with Crippen LogP contribution in [0.3, 0.4) is 0 Å². The van der Waals surface area contributed by atoms with Gasteiger partial charge in [0.05, 0.1) is 77.6 Å². The number of rotatable bonds is 14. The number of imidazole rings is 2. The Labute approximate surface area is 327 Å². The second kappa shape index (κ2) is 18.3. The number of anilines is 4. The molecular formula is C35H30BrClF3IN6O6. The zero-order chi connectivity index (χ0) is 38.2. The molecule has 278 valence electrons. The van der Waals surface area contributed by atoms with Crippen LogP contribution in [-0.2, 0) is 16.5 Å². The number of halogens is 6. The summed E-state index contributed by atoms with van der Waals surface area (Å²) in [6.45, 7) is -1.06. The normalized spacial score (nSPS) is 11.1. The van der Waals surface area contributed by atoms with Crippen LogP contribution in [-0.4, -0.2) is 80.4 Å². The van der Waals surface area contributed by atoms with Crippen molar-refractivity contribution in [3.05, 3.63) is 109 Å². The predicted octanol–water partition coefficient (Wildman–Crippen LogP) is 7.22. The van der Waals surface area contributed by atoms with Crippen LogP contribution in [0.2, 0.25) is 5.02 Å². The number of nitrogens with one attached hydrogen (secondary N) is 2. The van der Waals surface area contributed by atoms with Crippen LogP contribution in [0.25, 0.3) is 16.6 Å². The van der Waals surface area contributed by atoms with Gasteiger partial charge < -0.3 is 34.9 Å². The molecule has 6 aromatic rings. The fourth-order valence-electron chi connectivity index (χ4n) is 5.00. The number of carbonyl (C=O) groups is 2. The van der Waals surface area contributed by atoms with E-state index in [4.69, 9.17) is 31.3 Å². The average Bonchev–Trinajstić information content (AvgIpc) is 3.76. The smallest absolute Gasteiger partial charge is 0.223 e. The molecule has 4 N–H and O–H groups in total. The van der Waals surface area contributed by atoms with E-state index < -0.39 is 29.1 Å². The van der Waals surface area contributed by atoms with Crippen molar-refractivity contribution < 1.29 is 42.4 Å². The van der Waals surface area contributed by atoms with Crippen LogP contribution in [0.1, 0.15) is 20.7 Å². The van der Waals surface area contributed by atoms with Crippen molar-refractivity contribution in [1.29, 1.82) is 0 Å². The van der Waals surface area contributed by atoms with Crippen molar-refractivity contribution in [2.75, 3.05) is 50.3 Å². The highest BCUT2D eigenvalue weighted by molar-refractivity contribution is 14.1. The first-order valence-corrected chi connectivity index (χ1v) is 17.8. The van der Waals surface area contributed by atoms with Crippen LogP contribution in [0, 0.1) is 21.2 Å². The first kappa shape index (κ1) is 40.1. The van der Waals surface area contributed by atoms with Crippen molar-refractivity contribution in [1.82, 2.24) is 18.9 Å². The summed E-state index contributed by atoms with van der Waals surface area (Å²) >= 11 is 11.5. The Bertz CT molecular complexity index is 2290. The summed E-state index contributed by atoms with van der Waals surface area (Å²) in [6, 6.07) is 12.5. The molecule has 53 heavy (non-hydrogen) atoms. The van der Waals surface area contributed by atoms with Crippen LogP contribution in [0.15, 0.2) is 71.9 Å². The SMILES string of the molecule is Cn1cnc2c(F)c(Nc3ccc(Br)cc3F)c(C(=O)COCCO)cc21.O=C(COCCO)c1cc2cncn2c(F)c1Nc1ccc(I)cc1Cl. The van der Waals surface area contributed by atoms with Gasteiger partial charge >= 0.3 is 0 Å². The number of hydrogen-bond donors (Lipinski definition) is 4. The number of aryl methyl sites for hydroxylation is 1. The molecule has 3 aromatic carbocycles. The van der Waals surface area contributed by atoms with Crippen molar-refractivity contribution in [3.63, 3.8) is 0 Å². The van der Waals surface area contributed by atoms with Gasteiger partial charge in [-0.2, -0.15) is 4.39 Å². The Kier molecular flexibility index (Phi) is 13.8. The topological polar surface area (TPSA) is 152 Å². The van der Waals surface area contributed by atoms with Crippen molar-refractivity contribution in [3.8, 4) is 0 Å². The molecule has 0 radical (unpaired) electrons. The van der Waals surface area contributed by atoms with Crippen LogP contribution < -0.4 is 10.6 Å². The van der Waals surface area contributed by atoms with Crippen molar-refractivity contribution >= 4 is 101 Å². The maximum atomic E-state index is 15.1. The van der Waals surface area contributed by atoms with Gasteiger partial charge in [0, 0.05) is 20.7 Å². The lowest BCUT2D eigenvalue weighted by atomic mass is 10.1. The lowest BCUT2D eigenvalue weighted by Crippen LogP contribution is -2.15. The van der Waals surface area contributed by atoms with Gasteiger partial charge in [-0.15, -0.1) is 0 Å². The predicted molar refractivity (Wildman–Crippen MR) is 205 cm³/mol. The molecule has 0 aliphatic carbocycles. The van der Waals surface area contributed by atoms with E-state index in [0.29, 0.717) is 26.2 Å². The molecule has 0 fully saturated rings. The Morgan fingerprint density at radius 3 is 2.19 bits per heavy atom. The summed E-state index contributed by atoms with van der Waals surface area (Å²) in [6.07, 6.45) is 4.20. The third-order valence-electron chi connectivity index (χ3n) is 7.53. The summed E-state index contributed by atoms with van der Waals surface area (Å²) in [5, 5.41) is 23.5. The molecule has 0 bridgehead atoms. The zero-order valence-corrected chi connectivity index (χ0v) is 32.2. The minimum Gasteiger partial charge on any atom is -0.394 e. The number of ether oxygens (including phenoxy) is 2. The number of pyridine rings is 1. The Balaban J connectivity index is 0.000000204. The van der Waals surface area contributed by atoms with Crippen molar-refractivity contribution in [2.45, 2.75) is 0 Å². The zero-order valence-electron chi connectivity index (χ0n) is 27.7. The molecule has 0 aliphatic rings. The summed E-state index contributed by atoms with van der Waals surface area (Å²) in [4.78, 5) is 33.0. The van der Waals surface area contributed by atoms with E-state index in [1.807, 2.05) is 6.07 Å². The lowest BCUT2D eigenvalue weighted by molar-refractivity contribution is 0.0659. The Morgan fingerprint density at radius 1 is 0.906 bits per heavy atom. The molecule has 0 spiro atoms. The number of benzene rings is 3. The maximum Gasteiger partial charge on any atom is 0.223 e. The minimum atomic E-state index is -0.763. The van der Waals surface area contributed by atoms with Gasteiger partial charge in [-0.25, -0.2) is 18.7 Å². The summed E-state index contributed by atoms with van der Waals surface area (Å²) in [7, 11) is 1.67. The maximum absolute atomic E-state index is 15.1. The number of aromatic nitrogens is 4. The number of aliphatic hydroxyl groups is 2. The van der Waals surface area contributed by atoms with E-state index in [0.717, 1.165) is 3.57 Å². The van der Waals surface area contributed by atoms with Gasteiger partial charge in [-0.05, 0) is 71.1 Å². The number of nitrogens with zero attached hydrogens (tertiary/aromatic N) is 4. The molecule has 0 saturated heterocycles. The van der Waals surface area contributed by atoms with E-state index >= 15 is 4.39 Å². The van der Waals surface area contributed by atoms with Gasteiger partial charge in [0.15, 0.2) is 17.4 Å². The molecular weight excluding hydrogens is 900 g/mol. The number of carbonyl (C=O) groups excluding carboxylic acids is 2.